The van der Waals surface area contributed by atoms with Crippen molar-refractivity contribution in [3.05, 3.63) is 6.07 Å². The Balaban J connectivity index is 2.83. The molecule has 2 N–H and O–H groups in total. The molecule has 0 spiro atoms. The van der Waals surface area contributed by atoms with Crippen LogP contribution in [0.25, 0.3) is 0 Å². The average molecular weight is 290 g/mol. The largest absolute Gasteiger partial charge is 0.373 e. The number of sulfone groups is 1. The number of hydrogen-bond acceptors (Lipinski definition) is 7. The Morgan fingerprint density at radius 1 is 1.39 bits per heavy atom. The summed E-state index contributed by atoms with van der Waals surface area (Å²) < 4.78 is 22.4. The quantitative estimate of drug-likeness (QED) is 0.599. The van der Waals surface area contributed by atoms with E-state index in [2.05, 4.69) is 20.6 Å². The molecule has 1 aromatic rings. The number of hydrogen-bond donors (Lipinski definition) is 2. The summed E-state index contributed by atoms with van der Waals surface area (Å²) in [6.45, 7) is 1.81. The van der Waals surface area contributed by atoms with E-state index >= 15 is 0 Å². The van der Waals surface area contributed by atoms with E-state index in [9.17, 15) is 8.42 Å². The highest BCUT2D eigenvalue weighted by Gasteiger charge is 2.12. The van der Waals surface area contributed by atoms with Gasteiger partial charge in [0, 0.05) is 25.4 Å². The van der Waals surface area contributed by atoms with E-state index in [1.807, 2.05) is 6.26 Å². The normalized spacial score (nSPS) is 13.1. The number of thioether (sulfide) groups is 1. The Hall–Kier alpha value is -1.02. The maximum Gasteiger partial charge on any atom is 0.191 e. The Labute approximate surface area is 112 Å². The van der Waals surface area contributed by atoms with Gasteiger partial charge in [-0.1, -0.05) is 11.8 Å². The fraction of sp³-hybridized carbons (Fsp3) is 0.600. The lowest BCUT2D eigenvalue weighted by molar-refractivity contribution is 0.598. The molecule has 0 aliphatic carbocycles. The second kappa shape index (κ2) is 6.24. The van der Waals surface area contributed by atoms with E-state index in [1.165, 1.54) is 18.0 Å². The van der Waals surface area contributed by atoms with Crippen LogP contribution in [0.1, 0.15) is 6.92 Å². The first-order chi connectivity index (χ1) is 8.34. The van der Waals surface area contributed by atoms with Gasteiger partial charge in [-0.15, -0.1) is 0 Å². The van der Waals surface area contributed by atoms with Crippen LogP contribution in [0.15, 0.2) is 11.2 Å². The smallest absolute Gasteiger partial charge is 0.191 e. The molecule has 18 heavy (non-hydrogen) atoms. The molecule has 0 aliphatic heterocycles. The first-order valence-corrected chi connectivity index (χ1v) is 8.67. The minimum absolute atomic E-state index is 0.0699. The lowest BCUT2D eigenvalue weighted by Crippen LogP contribution is -2.25. The predicted molar refractivity (Wildman–Crippen MR) is 76.2 cm³/mol. The molecule has 0 radical (unpaired) electrons. The van der Waals surface area contributed by atoms with Gasteiger partial charge in [0.1, 0.15) is 21.5 Å². The van der Waals surface area contributed by atoms with E-state index in [0.717, 1.165) is 0 Å². The van der Waals surface area contributed by atoms with Crippen LogP contribution in [0.5, 0.6) is 0 Å². The Kier molecular flexibility index (Phi) is 5.21. The van der Waals surface area contributed by atoms with Gasteiger partial charge < -0.3 is 10.6 Å². The highest BCUT2D eigenvalue weighted by molar-refractivity contribution is 7.98. The summed E-state index contributed by atoms with van der Waals surface area (Å²) >= 11 is 1.43. The molecule has 6 nitrogen and oxygen atoms in total. The molecular weight excluding hydrogens is 272 g/mol. The van der Waals surface area contributed by atoms with Crippen molar-refractivity contribution in [1.82, 2.24) is 9.97 Å². The van der Waals surface area contributed by atoms with Gasteiger partial charge in [-0.2, -0.15) is 0 Å². The third-order valence-corrected chi connectivity index (χ3v) is 3.74. The summed E-state index contributed by atoms with van der Waals surface area (Å²) in [5.41, 5.74) is 0. The molecule has 1 rings (SSSR count). The average Bonchev–Trinajstić information content (AvgIpc) is 2.25. The molecule has 1 unspecified atom stereocenters. The summed E-state index contributed by atoms with van der Waals surface area (Å²) in [4.78, 5) is 8.51. The van der Waals surface area contributed by atoms with Crippen molar-refractivity contribution in [3.63, 3.8) is 0 Å². The Bertz CT molecular complexity index is 482. The van der Waals surface area contributed by atoms with Crippen LogP contribution in [-0.2, 0) is 9.84 Å². The molecule has 0 amide bonds. The van der Waals surface area contributed by atoms with Gasteiger partial charge in [0.25, 0.3) is 0 Å². The molecule has 1 heterocycles. The van der Waals surface area contributed by atoms with Crippen LogP contribution in [0.3, 0.4) is 0 Å². The van der Waals surface area contributed by atoms with Gasteiger partial charge in [0.2, 0.25) is 0 Å². The molecule has 0 saturated heterocycles. The molecule has 0 aromatic carbocycles. The summed E-state index contributed by atoms with van der Waals surface area (Å²) in [5.74, 6) is 1.39. The Morgan fingerprint density at radius 2 is 2.00 bits per heavy atom. The Morgan fingerprint density at radius 3 is 2.50 bits per heavy atom. The molecule has 0 fully saturated rings. The molecule has 1 aromatic heterocycles. The zero-order valence-corrected chi connectivity index (χ0v) is 12.5. The molecule has 8 heteroatoms. The zero-order valence-electron chi connectivity index (χ0n) is 10.9. The van der Waals surface area contributed by atoms with Gasteiger partial charge in [-0.05, 0) is 13.2 Å². The van der Waals surface area contributed by atoms with Crippen molar-refractivity contribution < 1.29 is 8.42 Å². The number of anilines is 2. The van der Waals surface area contributed by atoms with E-state index in [1.54, 1.807) is 20.0 Å². The van der Waals surface area contributed by atoms with Crippen molar-refractivity contribution in [2.24, 2.45) is 0 Å². The van der Waals surface area contributed by atoms with Gasteiger partial charge in [0.15, 0.2) is 5.16 Å². The van der Waals surface area contributed by atoms with Crippen molar-refractivity contribution in [2.75, 3.05) is 35.9 Å². The maximum atomic E-state index is 11.2. The van der Waals surface area contributed by atoms with Gasteiger partial charge >= 0.3 is 0 Å². The number of nitrogens with zero attached hydrogens (tertiary/aromatic N) is 2. The van der Waals surface area contributed by atoms with Crippen molar-refractivity contribution in [1.29, 1.82) is 0 Å². The van der Waals surface area contributed by atoms with Gasteiger partial charge in [0.05, 0.1) is 5.75 Å². The highest BCUT2D eigenvalue weighted by atomic mass is 32.2. The van der Waals surface area contributed by atoms with Crippen molar-refractivity contribution in [2.45, 2.75) is 18.1 Å². The topological polar surface area (TPSA) is 84.0 Å². The monoisotopic (exact) mass is 290 g/mol. The second-order valence-electron chi connectivity index (χ2n) is 4.01. The van der Waals surface area contributed by atoms with Crippen LogP contribution in [0.4, 0.5) is 11.6 Å². The van der Waals surface area contributed by atoms with Crippen LogP contribution in [0.2, 0.25) is 0 Å². The summed E-state index contributed by atoms with van der Waals surface area (Å²) in [5, 5.41) is 6.64. The number of rotatable bonds is 6. The van der Waals surface area contributed by atoms with E-state index in [4.69, 9.17) is 0 Å². The second-order valence-corrected chi connectivity index (χ2v) is 6.97. The van der Waals surface area contributed by atoms with Crippen LogP contribution >= 0.6 is 11.8 Å². The summed E-state index contributed by atoms with van der Waals surface area (Å²) in [6, 6.07) is 1.55. The lowest BCUT2D eigenvalue weighted by Gasteiger charge is -2.14. The van der Waals surface area contributed by atoms with Crippen LogP contribution in [0, 0.1) is 0 Å². The highest BCUT2D eigenvalue weighted by Crippen LogP contribution is 2.17. The first-order valence-electron chi connectivity index (χ1n) is 5.39. The van der Waals surface area contributed by atoms with E-state index in [-0.39, 0.29) is 11.8 Å². The SMILES string of the molecule is CNc1cc(NC(C)CS(C)(=O)=O)nc(SC)n1. The molecule has 0 bridgehead atoms. The van der Waals surface area contributed by atoms with E-state index < -0.39 is 9.84 Å². The number of nitrogens with one attached hydrogen (secondary N) is 2. The molecule has 102 valence electrons. The van der Waals surface area contributed by atoms with Crippen LogP contribution < -0.4 is 10.6 Å². The standard InChI is InChI=1S/C10H18N4O2S2/c1-7(6-18(4,15)16)12-9-5-8(11-2)13-10(14-9)17-3/h5,7H,6H2,1-4H3,(H2,11,12,13,14). The first kappa shape index (κ1) is 15.0. The van der Waals surface area contributed by atoms with Crippen LogP contribution in [-0.4, -0.2) is 49.7 Å². The molecule has 0 saturated carbocycles. The molecule has 0 aliphatic rings. The fourth-order valence-electron chi connectivity index (χ4n) is 1.47. The maximum absolute atomic E-state index is 11.2. The minimum Gasteiger partial charge on any atom is -0.373 e. The fourth-order valence-corrected chi connectivity index (χ4v) is 2.84. The molecule has 1 atom stereocenters. The zero-order chi connectivity index (χ0) is 13.8. The van der Waals surface area contributed by atoms with Gasteiger partial charge in [-0.3, -0.25) is 0 Å². The predicted octanol–water partition coefficient (Wildman–Crippen LogP) is 1.09. The number of aromatic nitrogens is 2. The van der Waals surface area contributed by atoms with E-state index in [0.29, 0.717) is 16.8 Å². The van der Waals surface area contributed by atoms with Crippen molar-refractivity contribution in [3.8, 4) is 0 Å². The van der Waals surface area contributed by atoms with Gasteiger partial charge in [-0.25, -0.2) is 18.4 Å². The third kappa shape index (κ3) is 5.09. The lowest BCUT2D eigenvalue weighted by atomic mass is 10.4. The summed E-state index contributed by atoms with van der Waals surface area (Å²) in [6.07, 6.45) is 3.11. The third-order valence-electron chi connectivity index (χ3n) is 2.09. The summed E-state index contributed by atoms with van der Waals surface area (Å²) in [7, 11) is -1.23. The minimum atomic E-state index is -3.00. The van der Waals surface area contributed by atoms with Crippen molar-refractivity contribution >= 4 is 33.2 Å². The molecular formula is C10H18N4O2S2.